The maximum atomic E-state index is 6.01. The predicted molar refractivity (Wildman–Crippen MR) is 79.2 cm³/mol. The Labute approximate surface area is 123 Å². The van der Waals surface area contributed by atoms with Crippen molar-refractivity contribution < 1.29 is 9.31 Å². The Bertz CT molecular complexity index is 579. The van der Waals surface area contributed by atoms with Gasteiger partial charge in [0.1, 0.15) is 0 Å². The lowest BCUT2D eigenvalue weighted by atomic mass is 9.82. The summed E-state index contributed by atoms with van der Waals surface area (Å²) < 4.78 is 13.9. The zero-order valence-corrected chi connectivity index (χ0v) is 13.0. The second kappa shape index (κ2) is 4.68. The summed E-state index contributed by atoms with van der Waals surface area (Å²) in [5.74, 6) is 0. The minimum absolute atomic E-state index is 0.322. The van der Waals surface area contributed by atoms with Crippen molar-refractivity contribution in [3.8, 4) is 0 Å². The first-order valence-corrected chi connectivity index (χ1v) is 7.51. The Morgan fingerprint density at radius 2 is 1.90 bits per heavy atom. The van der Waals surface area contributed by atoms with E-state index in [-0.39, 0.29) is 18.3 Å². The van der Waals surface area contributed by atoms with Crippen molar-refractivity contribution in [2.75, 3.05) is 0 Å². The lowest BCUT2D eigenvalue weighted by Crippen LogP contribution is -2.41. The molecule has 1 saturated heterocycles. The maximum absolute atomic E-state index is 6.01. The van der Waals surface area contributed by atoms with Crippen molar-refractivity contribution in [2.45, 2.75) is 45.4 Å². The molecule has 0 saturated carbocycles. The molecule has 1 fully saturated rings. The molecule has 0 bridgehead atoms. The van der Waals surface area contributed by atoms with Gasteiger partial charge < -0.3 is 9.31 Å². The van der Waals surface area contributed by atoms with Crippen LogP contribution in [-0.2, 0) is 15.9 Å². The number of aromatic nitrogens is 3. The highest BCUT2D eigenvalue weighted by Gasteiger charge is 2.52. The van der Waals surface area contributed by atoms with Crippen LogP contribution in [0.2, 0.25) is 0 Å². The van der Waals surface area contributed by atoms with Crippen molar-refractivity contribution in [3.05, 3.63) is 29.0 Å². The molecule has 20 heavy (non-hydrogen) atoms. The third-order valence-electron chi connectivity index (χ3n) is 3.98. The van der Waals surface area contributed by atoms with Crippen LogP contribution in [-0.4, -0.2) is 33.1 Å². The molecule has 2 aromatic heterocycles. The highest BCUT2D eigenvalue weighted by atomic mass is 32.1. The van der Waals surface area contributed by atoms with E-state index in [4.69, 9.17) is 9.31 Å². The fraction of sp³-hybridized carbons (Fsp3) is 0.538. The van der Waals surface area contributed by atoms with Gasteiger partial charge >= 0.3 is 7.12 Å². The summed E-state index contributed by atoms with van der Waals surface area (Å²) in [5, 5.41) is 4.37. The van der Waals surface area contributed by atoms with Gasteiger partial charge in [0.2, 0.25) is 0 Å². The normalized spacial score (nSPS) is 20.5. The van der Waals surface area contributed by atoms with Gasteiger partial charge in [0.25, 0.3) is 0 Å². The predicted octanol–water partition coefficient (Wildman–Crippen LogP) is 1.69. The highest BCUT2D eigenvalue weighted by molar-refractivity contribution is 7.09. The first-order valence-electron chi connectivity index (χ1n) is 6.63. The molecule has 0 spiro atoms. The molecule has 0 unspecified atom stereocenters. The summed E-state index contributed by atoms with van der Waals surface area (Å²) in [7, 11) is -0.352. The third-order valence-corrected chi connectivity index (χ3v) is 4.74. The number of hydrogen-bond acceptors (Lipinski definition) is 5. The van der Waals surface area contributed by atoms with Gasteiger partial charge in [0.15, 0.2) is 0 Å². The number of hydrogen-bond donors (Lipinski definition) is 0. The largest absolute Gasteiger partial charge is 0.498 e. The molecule has 2 aromatic rings. The maximum Gasteiger partial charge on any atom is 0.498 e. The van der Waals surface area contributed by atoms with Gasteiger partial charge in [0.05, 0.1) is 23.3 Å². The standard InChI is InChI=1S/C13H18BN3O2S/c1-12(2)13(3,4)19-14(18-12)10-5-16-17(7-10)8-11-6-15-9-20-11/h5-7,9H,8H2,1-4H3. The Hall–Kier alpha value is -1.18. The van der Waals surface area contributed by atoms with Crippen molar-refractivity contribution >= 4 is 23.9 Å². The molecule has 7 heteroatoms. The Morgan fingerprint density at radius 3 is 2.50 bits per heavy atom. The van der Waals surface area contributed by atoms with E-state index in [1.807, 2.05) is 28.8 Å². The minimum Gasteiger partial charge on any atom is -0.399 e. The summed E-state index contributed by atoms with van der Waals surface area (Å²) >= 11 is 1.62. The highest BCUT2D eigenvalue weighted by Crippen LogP contribution is 2.36. The van der Waals surface area contributed by atoms with E-state index in [2.05, 4.69) is 37.8 Å². The lowest BCUT2D eigenvalue weighted by molar-refractivity contribution is 0.00578. The van der Waals surface area contributed by atoms with Crippen LogP contribution in [0.15, 0.2) is 24.1 Å². The molecule has 0 aromatic carbocycles. The Balaban J connectivity index is 1.75. The van der Waals surface area contributed by atoms with Gasteiger partial charge in [-0.1, -0.05) is 0 Å². The van der Waals surface area contributed by atoms with Crippen LogP contribution in [0.4, 0.5) is 0 Å². The quantitative estimate of drug-likeness (QED) is 0.807. The fourth-order valence-corrected chi connectivity index (χ4v) is 2.63. The molecular formula is C13H18BN3O2S. The molecule has 0 radical (unpaired) electrons. The topological polar surface area (TPSA) is 49.2 Å². The molecule has 0 atom stereocenters. The van der Waals surface area contributed by atoms with Gasteiger partial charge in [-0.3, -0.25) is 9.67 Å². The second-order valence-corrected chi connectivity index (χ2v) is 7.00. The van der Waals surface area contributed by atoms with Crippen LogP contribution in [0, 0.1) is 0 Å². The van der Waals surface area contributed by atoms with E-state index in [9.17, 15) is 0 Å². The molecule has 1 aliphatic rings. The van der Waals surface area contributed by atoms with Crippen LogP contribution >= 0.6 is 11.3 Å². The Morgan fingerprint density at radius 1 is 1.20 bits per heavy atom. The number of nitrogens with zero attached hydrogens (tertiary/aromatic N) is 3. The van der Waals surface area contributed by atoms with Crippen molar-refractivity contribution in [3.63, 3.8) is 0 Å². The van der Waals surface area contributed by atoms with Gasteiger partial charge in [-0.2, -0.15) is 5.10 Å². The number of rotatable bonds is 3. The molecule has 0 N–H and O–H groups in total. The van der Waals surface area contributed by atoms with Crippen LogP contribution < -0.4 is 5.46 Å². The van der Waals surface area contributed by atoms with E-state index in [0.717, 1.165) is 12.0 Å². The van der Waals surface area contributed by atoms with E-state index >= 15 is 0 Å². The molecule has 3 rings (SSSR count). The van der Waals surface area contributed by atoms with E-state index in [1.165, 1.54) is 4.88 Å². The zero-order chi connectivity index (χ0) is 14.4. The van der Waals surface area contributed by atoms with Crippen molar-refractivity contribution in [2.24, 2.45) is 0 Å². The molecular weight excluding hydrogens is 273 g/mol. The van der Waals surface area contributed by atoms with E-state index < -0.39 is 0 Å². The average Bonchev–Trinajstić information content (AvgIpc) is 3.02. The summed E-state index contributed by atoms with van der Waals surface area (Å²) in [6.45, 7) is 8.93. The minimum atomic E-state index is -0.352. The summed E-state index contributed by atoms with van der Waals surface area (Å²) in [6, 6.07) is 0. The summed E-state index contributed by atoms with van der Waals surface area (Å²) in [5.41, 5.74) is 2.14. The first kappa shape index (κ1) is 13.8. The summed E-state index contributed by atoms with van der Waals surface area (Å²) in [4.78, 5) is 5.24. The third kappa shape index (κ3) is 2.41. The second-order valence-electron chi connectivity index (χ2n) is 6.03. The summed E-state index contributed by atoms with van der Waals surface area (Å²) in [6.07, 6.45) is 5.64. The first-order chi connectivity index (χ1) is 9.37. The van der Waals surface area contributed by atoms with Gasteiger partial charge in [0, 0.05) is 28.9 Å². The smallest absolute Gasteiger partial charge is 0.399 e. The molecule has 0 aliphatic carbocycles. The van der Waals surface area contributed by atoms with Crippen molar-refractivity contribution in [1.29, 1.82) is 0 Å². The molecule has 3 heterocycles. The SMILES string of the molecule is CC1(C)OB(c2cnn(Cc3cncs3)c2)OC1(C)C. The number of thiazole rings is 1. The fourth-order valence-electron chi connectivity index (χ4n) is 2.05. The molecule has 5 nitrogen and oxygen atoms in total. The van der Waals surface area contributed by atoms with Crippen LogP contribution in [0.3, 0.4) is 0 Å². The average molecular weight is 291 g/mol. The van der Waals surface area contributed by atoms with E-state index in [0.29, 0.717) is 0 Å². The lowest BCUT2D eigenvalue weighted by Gasteiger charge is -2.32. The van der Waals surface area contributed by atoms with Gasteiger partial charge in [-0.05, 0) is 27.7 Å². The van der Waals surface area contributed by atoms with Crippen LogP contribution in [0.1, 0.15) is 32.6 Å². The Kier molecular flexibility index (Phi) is 3.23. The molecule has 0 amide bonds. The monoisotopic (exact) mass is 291 g/mol. The molecule has 106 valence electrons. The van der Waals surface area contributed by atoms with Gasteiger partial charge in [-0.15, -0.1) is 11.3 Å². The van der Waals surface area contributed by atoms with E-state index in [1.54, 1.807) is 11.3 Å². The van der Waals surface area contributed by atoms with Crippen molar-refractivity contribution in [1.82, 2.24) is 14.8 Å². The van der Waals surface area contributed by atoms with Gasteiger partial charge in [-0.25, -0.2) is 0 Å². The molecule has 1 aliphatic heterocycles. The zero-order valence-electron chi connectivity index (χ0n) is 12.2. The van der Waals surface area contributed by atoms with Crippen LogP contribution in [0.5, 0.6) is 0 Å². The van der Waals surface area contributed by atoms with Crippen LogP contribution in [0.25, 0.3) is 0 Å².